The van der Waals surface area contributed by atoms with Crippen LogP contribution in [0.2, 0.25) is 0 Å². The molecule has 0 fully saturated rings. The Labute approximate surface area is 170 Å². The number of nitrogens with one attached hydrogen (secondary N) is 1. The Morgan fingerprint density at radius 1 is 0.966 bits per heavy atom. The van der Waals surface area contributed by atoms with Crippen LogP contribution in [-0.4, -0.2) is 55.5 Å². The standard InChI is InChI=1S/C20H28N6O3/c1-19(2,3)21-17(27)14(26(7)18(28)29-20(4,5)6)16-24-22-15(23-25-16)13-11-9-8-10-12-13/h8-12,14H,1-7H3,(H,21,27). The second kappa shape index (κ2) is 8.50. The van der Waals surface area contributed by atoms with Gasteiger partial charge in [-0.3, -0.25) is 9.69 Å². The molecule has 0 radical (unpaired) electrons. The van der Waals surface area contributed by atoms with Crippen LogP contribution in [0.5, 0.6) is 0 Å². The van der Waals surface area contributed by atoms with Crippen molar-refractivity contribution in [3.8, 4) is 11.4 Å². The third-order valence-electron chi connectivity index (χ3n) is 3.59. The Hall–Kier alpha value is -3.10. The first-order valence-corrected chi connectivity index (χ1v) is 9.28. The number of benzene rings is 1. The molecular weight excluding hydrogens is 372 g/mol. The van der Waals surface area contributed by atoms with Crippen LogP contribution in [0.4, 0.5) is 4.79 Å². The van der Waals surface area contributed by atoms with Gasteiger partial charge in [-0.05, 0) is 41.5 Å². The summed E-state index contributed by atoms with van der Waals surface area (Å²) in [6, 6.07) is 8.09. The van der Waals surface area contributed by atoms with Crippen LogP contribution in [0.25, 0.3) is 11.4 Å². The topological polar surface area (TPSA) is 110 Å². The molecule has 1 aromatic heterocycles. The van der Waals surface area contributed by atoms with Gasteiger partial charge in [0.1, 0.15) is 5.60 Å². The van der Waals surface area contributed by atoms with Gasteiger partial charge in [0.15, 0.2) is 6.04 Å². The van der Waals surface area contributed by atoms with Gasteiger partial charge >= 0.3 is 6.09 Å². The second-order valence-electron chi connectivity index (χ2n) is 8.68. The maximum atomic E-state index is 12.9. The lowest BCUT2D eigenvalue weighted by molar-refractivity contribution is -0.128. The molecule has 156 valence electrons. The number of hydrogen-bond acceptors (Lipinski definition) is 7. The molecular formula is C20H28N6O3. The zero-order valence-corrected chi connectivity index (χ0v) is 17.9. The van der Waals surface area contributed by atoms with Gasteiger partial charge in [-0.1, -0.05) is 30.3 Å². The number of nitrogens with zero attached hydrogens (tertiary/aromatic N) is 5. The molecule has 9 nitrogen and oxygen atoms in total. The number of hydrogen-bond donors (Lipinski definition) is 1. The van der Waals surface area contributed by atoms with E-state index >= 15 is 0 Å². The quantitative estimate of drug-likeness (QED) is 0.840. The molecule has 29 heavy (non-hydrogen) atoms. The lowest BCUT2D eigenvalue weighted by Crippen LogP contribution is -2.49. The first-order chi connectivity index (χ1) is 13.4. The highest BCUT2D eigenvalue weighted by Gasteiger charge is 2.36. The molecule has 0 aliphatic heterocycles. The van der Waals surface area contributed by atoms with E-state index in [0.717, 1.165) is 10.5 Å². The SMILES string of the molecule is CN(C(=O)OC(C)(C)C)C(C(=O)NC(C)(C)C)c1nnc(-c2ccccc2)nn1. The zero-order chi connectivity index (χ0) is 21.8. The van der Waals surface area contributed by atoms with Gasteiger partial charge in [0.05, 0.1) is 0 Å². The molecule has 1 heterocycles. The van der Waals surface area contributed by atoms with E-state index in [-0.39, 0.29) is 5.82 Å². The Bertz CT molecular complexity index is 841. The first-order valence-electron chi connectivity index (χ1n) is 9.28. The van der Waals surface area contributed by atoms with E-state index in [1.165, 1.54) is 7.05 Å². The molecule has 2 rings (SSSR count). The van der Waals surface area contributed by atoms with Crippen LogP contribution < -0.4 is 5.32 Å². The zero-order valence-electron chi connectivity index (χ0n) is 17.9. The molecule has 2 amide bonds. The average molecular weight is 400 g/mol. The first kappa shape index (κ1) is 22.2. The van der Waals surface area contributed by atoms with E-state index in [1.54, 1.807) is 20.8 Å². The molecule has 0 bridgehead atoms. The molecule has 1 aromatic carbocycles. The van der Waals surface area contributed by atoms with Crippen LogP contribution in [0, 0.1) is 0 Å². The minimum atomic E-state index is -1.14. The minimum Gasteiger partial charge on any atom is -0.444 e. The molecule has 0 aliphatic carbocycles. The summed E-state index contributed by atoms with van der Waals surface area (Å²) in [4.78, 5) is 26.6. The fourth-order valence-corrected chi connectivity index (χ4v) is 2.39. The number of carbonyl (C=O) groups excluding carboxylic acids is 2. The monoisotopic (exact) mass is 400 g/mol. The van der Waals surface area contributed by atoms with Crippen molar-refractivity contribution in [3.63, 3.8) is 0 Å². The fourth-order valence-electron chi connectivity index (χ4n) is 2.39. The molecule has 1 N–H and O–H groups in total. The van der Waals surface area contributed by atoms with Crippen molar-refractivity contribution in [1.29, 1.82) is 0 Å². The van der Waals surface area contributed by atoms with Crippen molar-refractivity contribution in [1.82, 2.24) is 30.6 Å². The van der Waals surface area contributed by atoms with Crippen LogP contribution in [0.15, 0.2) is 30.3 Å². The Kier molecular flexibility index (Phi) is 6.51. The van der Waals surface area contributed by atoms with Gasteiger partial charge in [0, 0.05) is 18.2 Å². The Balaban J connectivity index is 2.36. The van der Waals surface area contributed by atoms with Crippen LogP contribution >= 0.6 is 0 Å². The molecule has 1 atom stereocenters. The summed E-state index contributed by atoms with van der Waals surface area (Å²) >= 11 is 0. The van der Waals surface area contributed by atoms with Gasteiger partial charge in [-0.15, -0.1) is 20.4 Å². The van der Waals surface area contributed by atoms with E-state index in [4.69, 9.17) is 4.74 Å². The molecule has 9 heteroatoms. The van der Waals surface area contributed by atoms with Gasteiger partial charge in [-0.25, -0.2) is 4.79 Å². The molecule has 0 aliphatic rings. The predicted octanol–water partition coefficient (Wildman–Crippen LogP) is 2.76. The average Bonchev–Trinajstić information content (AvgIpc) is 2.60. The highest BCUT2D eigenvalue weighted by atomic mass is 16.6. The van der Waals surface area contributed by atoms with Crippen LogP contribution in [0.1, 0.15) is 53.4 Å². The summed E-state index contributed by atoms with van der Waals surface area (Å²) < 4.78 is 5.39. The number of likely N-dealkylation sites (N-methyl/N-ethyl adjacent to an activating group) is 1. The highest BCUT2D eigenvalue weighted by molar-refractivity contribution is 5.86. The highest BCUT2D eigenvalue weighted by Crippen LogP contribution is 2.21. The van der Waals surface area contributed by atoms with Gasteiger partial charge in [0.25, 0.3) is 5.91 Å². The minimum absolute atomic E-state index is 0.000194. The molecule has 2 aromatic rings. The summed E-state index contributed by atoms with van der Waals surface area (Å²) in [5.74, 6) is -0.133. The summed E-state index contributed by atoms with van der Waals surface area (Å²) in [5, 5.41) is 19.1. The largest absolute Gasteiger partial charge is 0.444 e. The number of ether oxygens (including phenoxy) is 1. The summed E-state index contributed by atoms with van der Waals surface area (Å²) in [6.07, 6.45) is -0.678. The van der Waals surface area contributed by atoms with Gasteiger partial charge in [-0.2, -0.15) is 0 Å². The van der Waals surface area contributed by atoms with Crippen LogP contribution in [0.3, 0.4) is 0 Å². The number of carbonyl (C=O) groups is 2. The van der Waals surface area contributed by atoms with E-state index in [1.807, 2.05) is 51.1 Å². The van der Waals surface area contributed by atoms with E-state index in [9.17, 15) is 9.59 Å². The Morgan fingerprint density at radius 2 is 1.52 bits per heavy atom. The smallest absolute Gasteiger partial charge is 0.411 e. The summed E-state index contributed by atoms with van der Waals surface area (Å²) in [5.41, 5.74) is -0.491. The normalized spacial score (nSPS) is 12.8. The third-order valence-corrected chi connectivity index (χ3v) is 3.59. The maximum Gasteiger partial charge on any atom is 0.411 e. The van der Waals surface area contributed by atoms with Crippen LogP contribution in [-0.2, 0) is 9.53 Å². The van der Waals surface area contributed by atoms with E-state index < -0.39 is 29.2 Å². The van der Waals surface area contributed by atoms with Gasteiger partial charge in [0.2, 0.25) is 11.6 Å². The predicted molar refractivity (Wildman–Crippen MR) is 108 cm³/mol. The van der Waals surface area contributed by atoms with Gasteiger partial charge < -0.3 is 10.1 Å². The van der Waals surface area contributed by atoms with Crippen molar-refractivity contribution in [2.24, 2.45) is 0 Å². The Morgan fingerprint density at radius 3 is 2.00 bits per heavy atom. The number of amides is 2. The second-order valence-corrected chi connectivity index (χ2v) is 8.68. The molecule has 1 unspecified atom stereocenters. The fraction of sp³-hybridized carbons (Fsp3) is 0.500. The van der Waals surface area contributed by atoms with Crippen molar-refractivity contribution in [3.05, 3.63) is 36.2 Å². The van der Waals surface area contributed by atoms with E-state index in [2.05, 4.69) is 25.7 Å². The van der Waals surface area contributed by atoms with E-state index in [0.29, 0.717) is 5.82 Å². The molecule has 0 saturated heterocycles. The lowest BCUT2D eigenvalue weighted by atomic mass is 10.1. The van der Waals surface area contributed by atoms with Crippen molar-refractivity contribution in [2.45, 2.75) is 58.7 Å². The molecule has 0 saturated carbocycles. The molecule has 0 spiro atoms. The van der Waals surface area contributed by atoms with Crippen molar-refractivity contribution < 1.29 is 14.3 Å². The summed E-state index contributed by atoms with van der Waals surface area (Å²) in [7, 11) is 1.45. The third kappa shape index (κ3) is 6.48. The number of rotatable bonds is 4. The van der Waals surface area contributed by atoms with Crippen molar-refractivity contribution in [2.75, 3.05) is 7.05 Å². The maximum absolute atomic E-state index is 12.9. The lowest BCUT2D eigenvalue weighted by Gasteiger charge is -2.31. The number of aromatic nitrogens is 4. The summed E-state index contributed by atoms with van der Waals surface area (Å²) in [6.45, 7) is 10.8. The van der Waals surface area contributed by atoms with Crippen molar-refractivity contribution >= 4 is 12.0 Å².